The van der Waals surface area contributed by atoms with E-state index in [4.69, 9.17) is 10.5 Å². The molecule has 1 unspecified atom stereocenters. The molecule has 0 aromatic carbocycles. The van der Waals surface area contributed by atoms with Gasteiger partial charge in [0.05, 0.1) is 12.9 Å². The normalized spacial score (nSPS) is 36.4. The quantitative estimate of drug-likeness (QED) is 0.309. The van der Waals surface area contributed by atoms with Crippen molar-refractivity contribution in [1.29, 1.82) is 0 Å². The Morgan fingerprint density at radius 2 is 2.13 bits per heavy atom. The summed E-state index contributed by atoms with van der Waals surface area (Å²) in [5.41, 5.74) is 5.83. The predicted molar refractivity (Wildman–Crippen MR) is 78.1 cm³/mol. The van der Waals surface area contributed by atoms with E-state index in [0.717, 1.165) is 0 Å². The first-order valence-corrected chi connectivity index (χ1v) is 7.01. The average molecular weight is 328 g/mol. The van der Waals surface area contributed by atoms with Crippen molar-refractivity contribution in [3.8, 4) is 0 Å². The van der Waals surface area contributed by atoms with E-state index < -0.39 is 37.0 Å². The van der Waals surface area contributed by atoms with Gasteiger partial charge in [0.15, 0.2) is 11.9 Å². The number of aliphatic hydroxyl groups excluding tert-OH is 3. The number of nitrogens with two attached hydrogens (primary N) is 1. The molecule has 5 atom stereocenters. The molecule has 23 heavy (non-hydrogen) atoms. The van der Waals surface area contributed by atoms with Crippen LogP contribution < -0.4 is 11.1 Å². The third-order valence-electron chi connectivity index (χ3n) is 3.86. The summed E-state index contributed by atoms with van der Waals surface area (Å²) in [6, 6.07) is 0. The molecule has 0 spiro atoms. The van der Waals surface area contributed by atoms with Gasteiger partial charge in [-0.05, 0) is 0 Å². The summed E-state index contributed by atoms with van der Waals surface area (Å²) in [6.07, 6.45) is -3.13. The van der Waals surface area contributed by atoms with Crippen LogP contribution in [-0.4, -0.2) is 79.9 Å². The number of imidazole rings is 1. The van der Waals surface area contributed by atoms with E-state index in [1.807, 2.05) is 0 Å². The van der Waals surface area contributed by atoms with Gasteiger partial charge in [0.1, 0.15) is 24.1 Å². The molecule has 128 valence electrons. The Hall–Kier alpha value is -1.76. The molecule has 0 saturated carbocycles. The van der Waals surface area contributed by atoms with Gasteiger partial charge < -0.3 is 35.4 Å². The minimum atomic E-state index is -2.04. The van der Waals surface area contributed by atoms with E-state index in [9.17, 15) is 20.4 Å². The van der Waals surface area contributed by atoms with Crippen molar-refractivity contribution in [1.82, 2.24) is 14.5 Å². The number of hydrogen-bond donors (Lipinski definition) is 6. The number of hydrogen-bond acceptors (Lipinski definition) is 10. The van der Waals surface area contributed by atoms with Crippen LogP contribution in [0.3, 0.4) is 0 Å². The third-order valence-corrected chi connectivity index (χ3v) is 3.86. The maximum Gasteiger partial charge on any atom is 0.262 e. The first-order chi connectivity index (χ1) is 10.8. The highest BCUT2D eigenvalue weighted by Gasteiger charge is 2.46. The molecule has 2 aliphatic heterocycles. The van der Waals surface area contributed by atoms with E-state index in [2.05, 4.69) is 15.3 Å². The largest absolute Gasteiger partial charge is 0.394 e. The average Bonchev–Trinajstić information content (AvgIpc) is 3.02. The van der Waals surface area contributed by atoms with Gasteiger partial charge in [0, 0.05) is 14.1 Å². The number of aliphatic hydroxyl groups is 4. The number of fused-ring (bicyclic) bond motifs is 1. The molecule has 1 aromatic rings. The van der Waals surface area contributed by atoms with Gasteiger partial charge >= 0.3 is 0 Å². The number of nitrogens with zero attached hydrogens (tertiary/aromatic N) is 4. The fourth-order valence-corrected chi connectivity index (χ4v) is 2.62. The predicted octanol–water partition coefficient (Wildman–Crippen LogP) is -3.10. The van der Waals surface area contributed by atoms with Crippen LogP contribution in [0.4, 0.5) is 5.82 Å². The maximum atomic E-state index is 10.3. The molecule has 0 radical (unpaired) electrons. The Balaban J connectivity index is 1.99. The van der Waals surface area contributed by atoms with Crippen LogP contribution in [0, 0.1) is 0 Å². The van der Waals surface area contributed by atoms with E-state index in [1.165, 1.54) is 10.9 Å². The summed E-state index contributed by atoms with van der Waals surface area (Å²) < 4.78 is 6.86. The molecule has 0 bridgehead atoms. The standard InChI is InChI=1S/C12H20N6O5/c1-17(2)11-15-9-8(12(13,22)16-11)14-4-18(9)10-7(21)6(20)5(3-19)23-10/h4-7,10,19-22H,3,13H2,1-2H3,(H,15,16)/t5-,6-,7-,10-,12?/m1/s1. The number of aromatic nitrogens is 2. The van der Waals surface area contributed by atoms with Crippen molar-refractivity contribution in [2.24, 2.45) is 10.7 Å². The summed E-state index contributed by atoms with van der Waals surface area (Å²) in [5.74, 6) is -1.47. The zero-order chi connectivity index (χ0) is 16.9. The number of aliphatic imine (C=N–C) groups is 1. The van der Waals surface area contributed by atoms with Gasteiger partial charge in [-0.2, -0.15) is 4.99 Å². The van der Waals surface area contributed by atoms with Gasteiger partial charge in [0.2, 0.25) is 5.96 Å². The van der Waals surface area contributed by atoms with E-state index >= 15 is 0 Å². The molecule has 1 aromatic heterocycles. The lowest BCUT2D eigenvalue weighted by Crippen LogP contribution is -2.45. The monoisotopic (exact) mass is 328 g/mol. The van der Waals surface area contributed by atoms with Crippen LogP contribution in [0.2, 0.25) is 0 Å². The Morgan fingerprint density at radius 3 is 2.70 bits per heavy atom. The van der Waals surface area contributed by atoms with Crippen molar-refractivity contribution < 1.29 is 25.2 Å². The second-order valence-electron chi connectivity index (χ2n) is 5.76. The van der Waals surface area contributed by atoms with Crippen LogP contribution in [0.5, 0.6) is 0 Å². The minimum absolute atomic E-state index is 0.0563. The molecule has 2 aliphatic rings. The van der Waals surface area contributed by atoms with Crippen LogP contribution in [0.15, 0.2) is 11.3 Å². The van der Waals surface area contributed by atoms with Gasteiger partial charge in [-0.3, -0.25) is 10.3 Å². The van der Waals surface area contributed by atoms with Crippen LogP contribution in [0.25, 0.3) is 0 Å². The Kier molecular flexibility index (Phi) is 3.78. The molecular weight excluding hydrogens is 308 g/mol. The molecule has 11 heteroatoms. The van der Waals surface area contributed by atoms with Gasteiger partial charge in [-0.1, -0.05) is 0 Å². The van der Waals surface area contributed by atoms with E-state index in [0.29, 0.717) is 0 Å². The summed E-state index contributed by atoms with van der Waals surface area (Å²) in [6.45, 7) is -0.440. The Labute approximate surface area is 131 Å². The number of anilines is 1. The molecule has 7 N–H and O–H groups in total. The first kappa shape index (κ1) is 16.1. The highest BCUT2D eigenvalue weighted by molar-refractivity contribution is 5.95. The zero-order valence-electron chi connectivity index (χ0n) is 12.7. The molecule has 0 aliphatic carbocycles. The number of ether oxygens (including phenoxy) is 1. The van der Waals surface area contributed by atoms with Gasteiger partial charge in [-0.15, -0.1) is 0 Å². The Morgan fingerprint density at radius 1 is 1.43 bits per heavy atom. The SMILES string of the molecule is CN(C)C1=NC(N)(O)c2ncn([C@@H]3O[C@H](CO)[C@@H](O)[C@H]3O)c2N1. The molecule has 3 rings (SSSR count). The van der Waals surface area contributed by atoms with Crippen molar-refractivity contribution in [2.45, 2.75) is 30.4 Å². The molecule has 1 fully saturated rings. The van der Waals surface area contributed by atoms with Crippen LogP contribution >= 0.6 is 0 Å². The van der Waals surface area contributed by atoms with E-state index in [1.54, 1.807) is 19.0 Å². The van der Waals surface area contributed by atoms with Crippen LogP contribution in [-0.2, 0) is 10.6 Å². The van der Waals surface area contributed by atoms with Crippen molar-refractivity contribution >= 4 is 11.8 Å². The fraction of sp³-hybridized carbons (Fsp3) is 0.667. The lowest BCUT2D eigenvalue weighted by Gasteiger charge is -2.30. The first-order valence-electron chi connectivity index (χ1n) is 7.01. The van der Waals surface area contributed by atoms with E-state index in [-0.39, 0.29) is 17.5 Å². The van der Waals surface area contributed by atoms with Crippen molar-refractivity contribution in [3.63, 3.8) is 0 Å². The van der Waals surface area contributed by atoms with Gasteiger partial charge in [-0.25, -0.2) is 4.98 Å². The highest BCUT2D eigenvalue weighted by Crippen LogP contribution is 2.36. The second kappa shape index (κ2) is 5.40. The number of rotatable bonds is 2. The molecule has 0 amide bonds. The lowest BCUT2D eigenvalue weighted by molar-refractivity contribution is -0.0520. The van der Waals surface area contributed by atoms with Crippen LogP contribution in [0.1, 0.15) is 11.9 Å². The lowest BCUT2D eigenvalue weighted by atomic mass is 10.1. The number of guanidine groups is 1. The van der Waals surface area contributed by atoms with Crippen molar-refractivity contribution in [2.75, 3.05) is 26.0 Å². The summed E-state index contributed by atoms with van der Waals surface area (Å²) >= 11 is 0. The minimum Gasteiger partial charge on any atom is -0.394 e. The third kappa shape index (κ3) is 2.47. The maximum absolute atomic E-state index is 10.3. The second-order valence-corrected chi connectivity index (χ2v) is 5.76. The van der Waals surface area contributed by atoms with Crippen molar-refractivity contribution in [3.05, 3.63) is 12.0 Å². The number of nitrogens with one attached hydrogen (secondary N) is 1. The molecule has 1 saturated heterocycles. The molecular formula is C12H20N6O5. The zero-order valence-corrected chi connectivity index (χ0v) is 12.7. The highest BCUT2D eigenvalue weighted by atomic mass is 16.6. The smallest absolute Gasteiger partial charge is 0.262 e. The fourth-order valence-electron chi connectivity index (χ4n) is 2.62. The molecule has 3 heterocycles. The summed E-state index contributed by atoms with van der Waals surface area (Å²) in [7, 11) is 3.42. The molecule has 11 nitrogen and oxygen atoms in total. The Bertz CT molecular complexity index is 629. The van der Waals surface area contributed by atoms with Gasteiger partial charge in [0.25, 0.3) is 5.85 Å². The summed E-state index contributed by atoms with van der Waals surface area (Å²) in [5, 5.41) is 42.4. The summed E-state index contributed by atoms with van der Waals surface area (Å²) in [4.78, 5) is 9.59. The topological polar surface area (TPSA) is 162 Å².